The van der Waals surface area contributed by atoms with E-state index >= 15 is 0 Å². The van der Waals surface area contributed by atoms with Gasteiger partial charge in [0.1, 0.15) is 17.4 Å². The van der Waals surface area contributed by atoms with Crippen LogP contribution < -0.4 is 0 Å². The van der Waals surface area contributed by atoms with E-state index in [1.807, 2.05) is 45.0 Å². The fourth-order valence-corrected chi connectivity index (χ4v) is 3.42. The number of rotatable bonds is 5. The molecule has 33 heavy (non-hydrogen) atoms. The van der Waals surface area contributed by atoms with E-state index in [4.69, 9.17) is 4.74 Å². The van der Waals surface area contributed by atoms with Crippen LogP contribution in [0.25, 0.3) is 22.3 Å². The monoisotopic (exact) mass is 454 g/mol. The summed E-state index contributed by atoms with van der Waals surface area (Å²) in [7, 11) is 0. The van der Waals surface area contributed by atoms with E-state index in [9.17, 15) is 17.6 Å². The van der Waals surface area contributed by atoms with E-state index < -0.39 is 11.9 Å². The van der Waals surface area contributed by atoms with E-state index in [0.717, 1.165) is 22.8 Å². The lowest BCUT2D eigenvalue weighted by Crippen LogP contribution is -2.18. The van der Waals surface area contributed by atoms with Crippen molar-refractivity contribution in [2.45, 2.75) is 39.7 Å². The van der Waals surface area contributed by atoms with Gasteiger partial charge in [-0.25, -0.2) is 8.78 Å². The number of aryl methyl sites for hydroxylation is 1. The molecular formula is C28H26F4O. The lowest BCUT2D eigenvalue weighted by molar-refractivity contribution is -0.225. The Morgan fingerprint density at radius 2 is 1.33 bits per heavy atom. The fraction of sp³-hybridized carbons (Fsp3) is 0.214. The molecule has 172 valence electrons. The lowest BCUT2D eigenvalue weighted by Gasteiger charge is -2.21. The largest absolute Gasteiger partial charge is 0.433 e. The summed E-state index contributed by atoms with van der Waals surface area (Å²) in [6.07, 6.45) is -1.11. The standard InChI is InChI=1S/C26H20F4O.C2H6/c1-17-2-4-18(5-3-17)20-8-15-24(25(28)16-20)19-6-9-21(10-7-19)26(29,30)31-23-13-11-22(27)12-14-23;1-2/h2-11,13,15-16H,12,14H2,1H3;1-2H3. The molecule has 5 heteroatoms. The SMILES string of the molecule is CC.Cc1ccc(-c2ccc(-c3ccc(C(F)(F)OC4=CC=C(F)CC4)cc3)c(F)c2)cc1. The molecule has 1 aliphatic carbocycles. The minimum Gasteiger partial charge on any atom is -0.433 e. The van der Waals surface area contributed by atoms with Gasteiger partial charge in [0.05, 0.1) is 5.56 Å². The maximum absolute atomic E-state index is 14.8. The van der Waals surface area contributed by atoms with Crippen LogP contribution in [0.15, 0.2) is 90.5 Å². The van der Waals surface area contributed by atoms with Gasteiger partial charge in [0.2, 0.25) is 0 Å². The molecule has 0 bridgehead atoms. The minimum absolute atomic E-state index is 0.0215. The quantitative estimate of drug-likeness (QED) is 0.349. The molecule has 1 aliphatic rings. The van der Waals surface area contributed by atoms with Crippen LogP contribution >= 0.6 is 0 Å². The summed E-state index contributed by atoms with van der Waals surface area (Å²) in [6.45, 7) is 5.98. The van der Waals surface area contributed by atoms with E-state index in [-0.39, 0.29) is 30.0 Å². The number of benzene rings is 3. The first kappa shape index (κ1) is 24.3. The Bertz CT molecular complexity index is 1140. The highest BCUT2D eigenvalue weighted by atomic mass is 19.3. The van der Waals surface area contributed by atoms with Crippen molar-refractivity contribution >= 4 is 0 Å². The van der Waals surface area contributed by atoms with Gasteiger partial charge in [-0.3, -0.25) is 0 Å². The summed E-state index contributed by atoms with van der Waals surface area (Å²) < 4.78 is 61.5. The Morgan fingerprint density at radius 3 is 1.91 bits per heavy atom. The first-order valence-electron chi connectivity index (χ1n) is 10.9. The highest BCUT2D eigenvalue weighted by molar-refractivity contribution is 5.71. The summed E-state index contributed by atoms with van der Waals surface area (Å²) in [5, 5.41) is 0. The van der Waals surface area contributed by atoms with E-state index in [1.165, 1.54) is 36.4 Å². The summed E-state index contributed by atoms with van der Waals surface area (Å²) in [5.41, 5.74) is 3.20. The number of hydrogen-bond acceptors (Lipinski definition) is 1. The number of allylic oxidation sites excluding steroid dienone is 4. The Labute approximate surface area is 192 Å². The normalized spacial score (nSPS) is 13.4. The molecule has 0 amide bonds. The lowest BCUT2D eigenvalue weighted by atomic mass is 9.98. The Morgan fingerprint density at radius 1 is 0.727 bits per heavy atom. The van der Waals surface area contributed by atoms with E-state index in [1.54, 1.807) is 12.1 Å². The summed E-state index contributed by atoms with van der Waals surface area (Å²) >= 11 is 0. The molecule has 0 N–H and O–H groups in total. The van der Waals surface area contributed by atoms with Crippen LogP contribution in [0.3, 0.4) is 0 Å². The van der Waals surface area contributed by atoms with Crippen molar-refractivity contribution in [3.8, 4) is 22.3 Å². The van der Waals surface area contributed by atoms with Crippen molar-refractivity contribution < 1.29 is 22.3 Å². The van der Waals surface area contributed by atoms with Gasteiger partial charge in [0.15, 0.2) is 0 Å². The molecule has 0 aliphatic heterocycles. The highest BCUT2D eigenvalue weighted by Gasteiger charge is 2.35. The van der Waals surface area contributed by atoms with Gasteiger partial charge < -0.3 is 4.74 Å². The molecule has 0 saturated carbocycles. The van der Waals surface area contributed by atoms with Crippen molar-refractivity contribution in [2.24, 2.45) is 0 Å². The van der Waals surface area contributed by atoms with Gasteiger partial charge in [-0.1, -0.05) is 67.9 Å². The van der Waals surface area contributed by atoms with Crippen molar-refractivity contribution in [3.05, 3.63) is 107 Å². The van der Waals surface area contributed by atoms with E-state index in [2.05, 4.69) is 0 Å². The van der Waals surface area contributed by atoms with Gasteiger partial charge in [-0.2, -0.15) is 8.78 Å². The number of halogens is 4. The Hall–Kier alpha value is -3.34. The topological polar surface area (TPSA) is 9.23 Å². The Kier molecular flexibility index (Phi) is 7.75. The predicted molar refractivity (Wildman–Crippen MR) is 125 cm³/mol. The molecule has 0 atom stereocenters. The van der Waals surface area contributed by atoms with Crippen LogP contribution in [0.2, 0.25) is 0 Å². The Balaban J connectivity index is 0.00000149. The highest BCUT2D eigenvalue weighted by Crippen LogP contribution is 2.36. The summed E-state index contributed by atoms with van der Waals surface area (Å²) in [5.74, 6) is -0.779. The average molecular weight is 455 g/mol. The maximum Gasteiger partial charge on any atom is 0.426 e. The van der Waals surface area contributed by atoms with Crippen LogP contribution in [-0.2, 0) is 10.8 Å². The smallest absolute Gasteiger partial charge is 0.426 e. The molecule has 3 aromatic rings. The third kappa shape index (κ3) is 5.92. The second kappa shape index (κ2) is 10.5. The first-order chi connectivity index (χ1) is 15.8. The van der Waals surface area contributed by atoms with Crippen molar-refractivity contribution in [3.63, 3.8) is 0 Å². The van der Waals surface area contributed by atoms with Gasteiger partial charge in [0.25, 0.3) is 0 Å². The number of alkyl halides is 2. The molecule has 0 unspecified atom stereocenters. The fourth-order valence-electron chi connectivity index (χ4n) is 3.42. The van der Waals surface area contributed by atoms with Gasteiger partial charge in [-0.15, -0.1) is 0 Å². The first-order valence-corrected chi connectivity index (χ1v) is 10.9. The van der Waals surface area contributed by atoms with Crippen molar-refractivity contribution in [2.75, 3.05) is 0 Å². The van der Waals surface area contributed by atoms with Crippen LogP contribution in [0.4, 0.5) is 17.6 Å². The van der Waals surface area contributed by atoms with Crippen LogP contribution in [0.1, 0.15) is 37.8 Å². The summed E-state index contributed by atoms with van der Waals surface area (Å²) in [6, 6.07) is 17.9. The van der Waals surface area contributed by atoms with Crippen molar-refractivity contribution in [1.29, 1.82) is 0 Å². The second-order valence-corrected chi connectivity index (χ2v) is 7.50. The third-order valence-corrected chi connectivity index (χ3v) is 5.21. The van der Waals surface area contributed by atoms with Gasteiger partial charge in [-0.05, 0) is 54.0 Å². The van der Waals surface area contributed by atoms with Gasteiger partial charge >= 0.3 is 6.11 Å². The molecule has 4 rings (SSSR count). The van der Waals surface area contributed by atoms with Crippen LogP contribution in [0.5, 0.6) is 0 Å². The zero-order valence-electron chi connectivity index (χ0n) is 18.8. The average Bonchev–Trinajstić information content (AvgIpc) is 2.82. The maximum atomic E-state index is 14.8. The second-order valence-electron chi connectivity index (χ2n) is 7.50. The summed E-state index contributed by atoms with van der Waals surface area (Å²) in [4.78, 5) is 0. The van der Waals surface area contributed by atoms with Crippen molar-refractivity contribution in [1.82, 2.24) is 0 Å². The molecule has 1 nitrogen and oxygen atoms in total. The molecule has 0 heterocycles. The van der Waals surface area contributed by atoms with Gasteiger partial charge in [0, 0.05) is 18.4 Å². The third-order valence-electron chi connectivity index (χ3n) is 5.21. The molecule has 0 aromatic heterocycles. The number of hydrogen-bond donors (Lipinski definition) is 0. The van der Waals surface area contributed by atoms with Crippen LogP contribution in [0, 0.1) is 12.7 Å². The van der Waals surface area contributed by atoms with E-state index in [0.29, 0.717) is 11.1 Å². The molecule has 0 fully saturated rings. The molecule has 0 spiro atoms. The minimum atomic E-state index is -3.57. The molecule has 3 aromatic carbocycles. The predicted octanol–water partition coefficient (Wildman–Crippen LogP) is 9.09. The number of ether oxygens (including phenoxy) is 1. The molecular weight excluding hydrogens is 428 g/mol. The molecule has 0 radical (unpaired) electrons. The zero-order valence-corrected chi connectivity index (χ0v) is 18.8. The molecule has 0 saturated heterocycles. The van der Waals surface area contributed by atoms with Crippen LogP contribution in [-0.4, -0.2) is 0 Å². The zero-order chi connectivity index (χ0) is 24.0.